The number of hydrogen-bond donors (Lipinski definition) is 1. The van der Waals surface area contributed by atoms with E-state index >= 15 is 0 Å². The fraction of sp³-hybridized carbons (Fsp3) is 0. The number of hydrogen-bond acceptors (Lipinski definition) is 5. The SMILES string of the molecule is O=C(O)c1cc(Oc2ccccn2)ccc1N=C([O-])c1ccc(Cl)cc1Cl.[Li+]. The molecule has 0 bridgehead atoms. The van der Waals surface area contributed by atoms with Crippen molar-refractivity contribution in [2.45, 2.75) is 0 Å². The molecule has 1 heterocycles. The molecule has 2 aromatic carbocycles. The molecule has 0 saturated carbocycles. The van der Waals surface area contributed by atoms with Crippen molar-refractivity contribution in [3.63, 3.8) is 0 Å². The van der Waals surface area contributed by atoms with Gasteiger partial charge in [0.25, 0.3) is 0 Å². The Morgan fingerprint density at radius 2 is 1.86 bits per heavy atom. The summed E-state index contributed by atoms with van der Waals surface area (Å²) in [6.07, 6.45) is 1.55. The van der Waals surface area contributed by atoms with Crippen LogP contribution in [-0.2, 0) is 0 Å². The normalized spacial score (nSPS) is 10.9. The number of pyridine rings is 1. The Hall–Kier alpha value is -2.49. The molecule has 1 aromatic heterocycles. The summed E-state index contributed by atoms with van der Waals surface area (Å²) in [4.78, 5) is 19.4. The fourth-order valence-electron chi connectivity index (χ4n) is 2.21. The molecule has 0 fully saturated rings. The van der Waals surface area contributed by atoms with E-state index in [9.17, 15) is 15.0 Å². The molecule has 0 unspecified atom stereocenters. The van der Waals surface area contributed by atoms with Gasteiger partial charge in [-0.2, -0.15) is 0 Å². The molecule has 0 aliphatic rings. The number of carboxylic acids is 1. The Morgan fingerprint density at radius 1 is 1.07 bits per heavy atom. The Morgan fingerprint density at radius 3 is 2.50 bits per heavy atom. The molecule has 3 rings (SSSR count). The van der Waals surface area contributed by atoms with E-state index in [1.165, 1.54) is 36.4 Å². The van der Waals surface area contributed by atoms with Crippen molar-refractivity contribution in [3.05, 3.63) is 82.0 Å². The fourth-order valence-corrected chi connectivity index (χ4v) is 2.70. The minimum Gasteiger partial charge on any atom is -0.858 e. The van der Waals surface area contributed by atoms with Gasteiger partial charge in [0.1, 0.15) is 5.75 Å². The molecule has 3 aromatic rings. The van der Waals surface area contributed by atoms with Crippen molar-refractivity contribution >= 4 is 40.8 Å². The number of rotatable bonds is 5. The molecule has 1 N–H and O–H groups in total. The van der Waals surface area contributed by atoms with E-state index in [1.54, 1.807) is 24.4 Å². The predicted octanol–water partition coefficient (Wildman–Crippen LogP) is 1.32. The smallest absolute Gasteiger partial charge is 0.858 e. The molecule has 0 spiro atoms. The van der Waals surface area contributed by atoms with Crippen LogP contribution in [0.3, 0.4) is 0 Å². The first-order valence-corrected chi connectivity index (χ1v) is 8.37. The molecule has 0 saturated heterocycles. The van der Waals surface area contributed by atoms with Gasteiger partial charge in [-0.15, -0.1) is 0 Å². The molecule has 9 heteroatoms. The zero-order chi connectivity index (χ0) is 19.4. The molecule has 0 aliphatic carbocycles. The first kappa shape index (κ1) is 21.8. The summed E-state index contributed by atoms with van der Waals surface area (Å²) in [5.41, 5.74) is -0.0972. The summed E-state index contributed by atoms with van der Waals surface area (Å²) >= 11 is 11.8. The largest absolute Gasteiger partial charge is 1.00 e. The minimum atomic E-state index is -1.25. The summed E-state index contributed by atoms with van der Waals surface area (Å²) in [6, 6.07) is 13.6. The third kappa shape index (κ3) is 5.28. The van der Waals surface area contributed by atoms with Crippen LogP contribution in [0.2, 0.25) is 10.0 Å². The summed E-state index contributed by atoms with van der Waals surface area (Å²) in [5, 5.41) is 22.3. The van der Waals surface area contributed by atoms with Crippen molar-refractivity contribution < 1.29 is 38.6 Å². The first-order valence-electron chi connectivity index (χ1n) is 7.61. The number of halogens is 2. The zero-order valence-corrected chi connectivity index (χ0v) is 16.1. The average Bonchev–Trinajstić information content (AvgIpc) is 2.63. The van der Waals surface area contributed by atoms with Crippen LogP contribution in [0.1, 0.15) is 15.9 Å². The van der Waals surface area contributed by atoms with Crippen LogP contribution in [0, 0.1) is 0 Å². The number of carboxylic acid groups (broad SMARTS) is 1. The third-order valence-electron chi connectivity index (χ3n) is 3.44. The van der Waals surface area contributed by atoms with E-state index in [1.807, 2.05) is 0 Å². The topological polar surface area (TPSA) is 94.8 Å². The standard InChI is InChI=1S/C19H12Cl2N2O4.Li/c20-11-4-6-13(15(21)9-11)18(24)23-16-7-5-12(10-14(16)19(25)26)27-17-3-1-2-8-22-17;/h1-10H,(H,23,24)(H,25,26);/q;+1/p-1. The Labute approximate surface area is 182 Å². The second-order valence-electron chi connectivity index (χ2n) is 5.30. The van der Waals surface area contributed by atoms with Crippen LogP contribution in [0.4, 0.5) is 5.69 Å². The second kappa shape index (κ2) is 9.63. The number of benzene rings is 2. The molecule has 0 radical (unpaired) electrons. The van der Waals surface area contributed by atoms with Gasteiger partial charge in [-0.05, 0) is 42.3 Å². The van der Waals surface area contributed by atoms with E-state index in [0.29, 0.717) is 10.9 Å². The van der Waals surface area contributed by atoms with Gasteiger partial charge in [0.05, 0.1) is 16.3 Å². The van der Waals surface area contributed by atoms with E-state index in [-0.39, 0.29) is 46.4 Å². The number of aromatic carboxylic acids is 1. The van der Waals surface area contributed by atoms with Gasteiger partial charge in [0, 0.05) is 22.8 Å². The molecule has 6 nitrogen and oxygen atoms in total. The van der Waals surface area contributed by atoms with E-state index in [0.717, 1.165) is 0 Å². The maximum Gasteiger partial charge on any atom is 1.00 e. The maximum absolute atomic E-state index is 12.4. The quantitative estimate of drug-likeness (QED) is 0.390. The van der Waals surface area contributed by atoms with Crippen molar-refractivity contribution in [3.8, 4) is 11.6 Å². The summed E-state index contributed by atoms with van der Waals surface area (Å²) in [5.74, 6) is -1.38. The number of aliphatic imine (C=N–C) groups is 1. The molecular weight excluding hydrogens is 398 g/mol. The van der Waals surface area contributed by atoms with Crippen molar-refractivity contribution in [1.29, 1.82) is 0 Å². The van der Waals surface area contributed by atoms with Crippen LogP contribution in [-0.4, -0.2) is 22.0 Å². The summed E-state index contributed by atoms with van der Waals surface area (Å²) in [6.45, 7) is 0. The number of carbonyl (C=O) groups is 1. The second-order valence-corrected chi connectivity index (χ2v) is 6.14. The maximum atomic E-state index is 12.4. The van der Waals surface area contributed by atoms with Crippen molar-refractivity contribution in [2.24, 2.45) is 4.99 Å². The summed E-state index contributed by atoms with van der Waals surface area (Å²) < 4.78 is 5.51. The molecular formula is C19H11Cl2LiN2O4. The van der Waals surface area contributed by atoms with Crippen LogP contribution in [0.25, 0.3) is 0 Å². The Bertz CT molecular complexity index is 1030. The Kier molecular flexibility index (Phi) is 7.50. The Balaban J connectivity index is 0.00000280. The van der Waals surface area contributed by atoms with Gasteiger partial charge in [0.2, 0.25) is 5.88 Å². The monoisotopic (exact) mass is 408 g/mol. The van der Waals surface area contributed by atoms with E-state index in [2.05, 4.69) is 9.98 Å². The van der Waals surface area contributed by atoms with Crippen molar-refractivity contribution in [2.75, 3.05) is 0 Å². The van der Waals surface area contributed by atoms with Crippen molar-refractivity contribution in [1.82, 2.24) is 4.98 Å². The first-order chi connectivity index (χ1) is 12.9. The van der Waals surface area contributed by atoms with Gasteiger partial charge in [-0.25, -0.2) is 9.78 Å². The van der Waals surface area contributed by atoms with Gasteiger partial charge >= 0.3 is 24.8 Å². The number of aromatic nitrogens is 1. The van der Waals surface area contributed by atoms with E-state index in [4.69, 9.17) is 27.9 Å². The molecule has 28 heavy (non-hydrogen) atoms. The van der Waals surface area contributed by atoms with Gasteiger partial charge in [-0.3, -0.25) is 4.99 Å². The average molecular weight is 409 g/mol. The van der Waals surface area contributed by atoms with Gasteiger partial charge in [-0.1, -0.05) is 35.3 Å². The third-order valence-corrected chi connectivity index (χ3v) is 3.99. The summed E-state index contributed by atoms with van der Waals surface area (Å²) in [7, 11) is 0. The molecule has 136 valence electrons. The van der Waals surface area contributed by atoms with Crippen LogP contribution in [0.15, 0.2) is 65.8 Å². The molecule has 0 amide bonds. The van der Waals surface area contributed by atoms with Crippen LogP contribution >= 0.6 is 23.2 Å². The van der Waals surface area contributed by atoms with E-state index < -0.39 is 11.9 Å². The number of nitrogens with zero attached hydrogens (tertiary/aromatic N) is 2. The minimum absolute atomic E-state index is 0. The molecule has 0 aliphatic heterocycles. The number of ether oxygens (including phenoxy) is 1. The van der Waals surface area contributed by atoms with Gasteiger partial charge in [0.15, 0.2) is 0 Å². The van der Waals surface area contributed by atoms with Crippen LogP contribution < -0.4 is 28.7 Å². The predicted molar refractivity (Wildman–Crippen MR) is 100 cm³/mol. The molecule has 0 atom stereocenters. The van der Waals surface area contributed by atoms with Gasteiger partial charge < -0.3 is 14.9 Å². The zero-order valence-electron chi connectivity index (χ0n) is 14.6. The van der Waals surface area contributed by atoms with Crippen LogP contribution in [0.5, 0.6) is 11.6 Å².